The van der Waals surface area contributed by atoms with Gasteiger partial charge in [0.1, 0.15) is 11.6 Å². The number of halogens is 1. The summed E-state index contributed by atoms with van der Waals surface area (Å²) in [6.07, 6.45) is 5.75. The van der Waals surface area contributed by atoms with Crippen LogP contribution in [0.25, 0.3) is 0 Å². The van der Waals surface area contributed by atoms with E-state index >= 15 is 0 Å². The van der Waals surface area contributed by atoms with Crippen LogP contribution in [0, 0.1) is 5.82 Å². The summed E-state index contributed by atoms with van der Waals surface area (Å²) < 4.78 is 19.5. The molecule has 0 radical (unpaired) electrons. The van der Waals surface area contributed by atoms with Crippen molar-refractivity contribution in [1.29, 1.82) is 0 Å². The molecule has 1 aliphatic rings. The van der Waals surface area contributed by atoms with E-state index in [-0.39, 0.29) is 11.9 Å². The second kappa shape index (κ2) is 7.42. The molecule has 0 aliphatic carbocycles. The highest BCUT2D eigenvalue weighted by Gasteiger charge is 2.21. The zero-order chi connectivity index (χ0) is 15.2. The number of likely N-dealkylation sites (tertiary alicyclic amines) is 1. The Kier molecular flexibility index (Phi) is 5.08. The van der Waals surface area contributed by atoms with E-state index in [4.69, 9.17) is 4.74 Å². The summed E-state index contributed by atoms with van der Waals surface area (Å²) in [5, 5.41) is 0. The zero-order valence-electron chi connectivity index (χ0n) is 12.5. The maximum Gasteiger partial charge on any atom is 0.142 e. The highest BCUT2D eigenvalue weighted by atomic mass is 19.1. The van der Waals surface area contributed by atoms with Crippen LogP contribution < -0.4 is 0 Å². The molecule has 0 unspecified atom stereocenters. The third-order valence-electron chi connectivity index (χ3n) is 3.88. The maximum atomic E-state index is 13.6. The summed E-state index contributed by atoms with van der Waals surface area (Å²) >= 11 is 0. The molecule has 2 heterocycles. The summed E-state index contributed by atoms with van der Waals surface area (Å²) in [5.74, 6) is 0.630. The molecule has 1 aromatic carbocycles. The van der Waals surface area contributed by atoms with E-state index in [2.05, 4.69) is 14.9 Å². The largest absolute Gasteiger partial charge is 0.372 e. The van der Waals surface area contributed by atoms with Crippen molar-refractivity contribution in [2.45, 2.75) is 32.1 Å². The van der Waals surface area contributed by atoms with E-state index in [1.54, 1.807) is 24.5 Å². The van der Waals surface area contributed by atoms with Gasteiger partial charge in [-0.15, -0.1) is 0 Å². The Bertz CT molecular complexity index is 593. The van der Waals surface area contributed by atoms with E-state index in [0.717, 1.165) is 38.3 Å². The van der Waals surface area contributed by atoms with Gasteiger partial charge in [-0.3, -0.25) is 4.90 Å². The minimum Gasteiger partial charge on any atom is -0.372 e. The molecule has 1 aromatic heterocycles. The first-order chi connectivity index (χ1) is 10.8. The van der Waals surface area contributed by atoms with Gasteiger partial charge in [-0.2, -0.15) is 0 Å². The Labute approximate surface area is 130 Å². The summed E-state index contributed by atoms with van der Waals surface area (Å²) in [7, 11) is 0. The van der Waals surface area contributed by atoms with Crippen LogP contribution in [0.1, 0.15) is 24.2 Å². The predicted molar refractivity (Wildman–Crippen MR) is 81.5 cm³/mol. The van der Waals surface area contributed by atoms with Crippen LogP contribution in [-0.2, 0) is 17.9 Å². The van der Waals surface area contributed by atoms with Gasteiger partial charge in [0.25, 0.3) is 0 Å². The SMILES string of the molecule is Fc1ccccc1CO[C@H]1CCCN(Cc2ncccn2)C1. The van der Waals surface area contributed by atoms with Crippen LogP contribution in [0.4, 0.5) is 4.39 Å². The first-order valence-corrected chi connectivity index (χ1v) is 7.64. The number of hydrogen-bond acceptors (Lipinski definition) is 4. The lowest BCUT2D eigenvalue weighted by Gasteiger charge is -2.32. The molecule has 1 aliphatic heterocycles. The van der Waals surface area contributed by atoms with E-state index in [9.17, 15) is 4.39 Å². The lowest BCUT2D eigenvalue weighted by molar-refractivity contribution is -0.0135. The Morgan fingerprint density at radius 2 is 2.00 bits per heavy atom. The minimum absolute atomic E-state index is 0.136. The predicted octanol–water partition coefficient (Wildman–Crippen LogP) is 2.80. The Morgan fingerprint density at radius 3 is 2.82 bits per heavy atom. The molecule has 0 N–H and O–H groups in total. The van der Waals surface area contributed by atoms with Crippen LogP contribution in [0.15, 0.2) is 42.7 Å². The number of hydrogen-bond donors (Lipinski definition) is 0. The number of benzene rings is 1. The van der Waals surface area contributed by atoms with Crippen molar-refractivity contribution >= 4 is 0 Å². The van der Waals surface area contributed by atoms with Gasteiger partial charge < -0.3 is 4.74 Å². The fourth-order valence-electron chi connectivity index (χ4n) is 2.73. The molecule has 116 valence electrons. The fraction of sp³-hybridized carbons (Fsp3) is 0.412. The minimum atomic E-state index is -0.201. The van der Waals surface area contributed by atoms with Crippen molar-refractivity contribution in [3.63, 3.8) is 0 Å². The topological polar surface area (TPSA) is 38.2 Å². The summed E-state index contributed by atoms with van der Waals surface area (Å²) in [6.45, 7) is 2.93. The zero-order valence-corrected chi connectivity index (χ0v) is 12.5. The molecule has 0 amide bonds. The molecule has 1 fully saturated rings. The second-order valence-corrected chi connectivity index (χ2v) is 5.57. The van der Waals surface area contributed by atoms with Crippen molar-refractivity contribution in [2.75, 3.05) is 13.1 Å². The molecular weight excluding hydrogens is 281 g/mol. The normalized spacial score (nSPS) is 19.2. The third kappa shape index (κ3) is 4.08. The second-order valence-electron chi connectivity index (χ2n) is 5.57. The molecule has 22 heavy (non-hydrogen) atoms. The molecule has 0 bridgehead atoms. The van der Waals surface area contributed by atoms with Gasteiger partial charge >= 0.3 is 0 Å². The average Bonchev–Trinajstić information content (AvgIpc) is 2.55. The quantitative estimate of drug-likeness (QED) is 0.851. The number of ether oxygens (including phenoxy) is 1. The summed E-state index contributed by atoms with van der Waals surface area (Å²) in [5.41, 5.74) is 0.617. The molecule has 0 spiro atoms. The number of aromatic nitrogens is 2. The molecule has 5 heteroatoms. The van der Waals surface area contributed by atoms with E-state index in [0.29, 0.717) is 12.2 Å². The van der Waals surface area contributed by atoms with E-state index in [1.165, 1.54) is 6.07 Å². The van der Waals surface area contributed by atoms with Crippen LogP contribution in [-0.4, -0.2) is 34.1 Å². The van der Waals surface area contributed by atoms with Gasteiger partial charge in [0.15, 0.2) is 0 Å². The molecule has 0 saturated carbocycles. The Morgan fingerprint density at radius 1 is 1.18 bits per heavy atom. The third-order valence-corrected chi connectivity index (χ3v) is 3.88. The number of piperidine rings is 1. The highest BCUT2D eigenvalue weighted by molar-refractivity contribution is 5.16. The van der Waals surface area contributed by atoms with Gasteiger partial charge in [0, 0.05) is 24.5 Å². The van der Waals surface area contributed by atoms with Crippen LogP contribution >= 0.6 is 0 Å². The highest BCUT2D eigenvalue weighted by Crippen LogP contribution is 2.17. The van der Waals surface area contributed by atoms with Crippen LogP contribution in [0.3, 0.4) is 0 Å². The van der Waals surface area contributed by atoms with Crippen LogP contribution in [0.5, 0.6) is 0 Å². The first kappa shape index (κ1) is 15.1. The Balaban J connectivity index is 1.51. The standard InChI is InChI=1S/C17H20FN3O/c18-16-7-2-1-5-14(16)13-22-15-6-3-10-21(11-15)12-17-19-8-4-9-20-17/h1-2,4-5,7-9,15H,3,6,10-13H2/t15-/m0/s1. The fourth-order valence-corrected chi connectivity index (χ4v) is 2.73. The number of rotatable bonds is 5. The van der Waals surface area contributed by atoms with Gasteiger partial charge in [-0.25, -0.2) is 14.4 Å². The van der Waals surface area contributed by atoms with Crippen molar-refractivity contribution in [3.8, 4) is 0 Å². The molecule has 1 saturated heterocycles. The van der Waals surface area contributed by atoms with E-state index in [1.807, 2.05) is 12.1 Å². The maximum absolute atomic E-state index is 13.6. The summed E-state index contributed by atoms with van der Waals surface area (Å²) in [6, 6.07) is 8.59. The lowest BCUT2D eigenvalue weighted by Crippen LogP contribution is -2.39. The van der Waals surface area contributed by atoms with Gasteiger partial charge in [-0.1, -0.05) is 18.2 Å². The summed E-state index contributed by atoms with van der Waals surface area (Å²) in [4.78, 5) is 10.8. The van der Waals surface area contributed by atoms with E-state index < -0.39 is 0 Å². The first-order valence-electron chi connectivity index (χ1n) is 7.64. The molecule has 1 atom stereocenters. The average molecular weight is 301 g/mol. The lowest BCUT2D eigenvalue weighted by atomic mass is 10.1. The van der Waals surface area contributed by atoms with Crippen molar-refractivity contribution in [2.24, 2.45) is 0 Å². The number of nitrogens with zero attached hydrogens (tertiary/aromatic N) is 3. The molecule has 2 aromatic rings. The van der Waals surface area contributed by atoms with Gasteiger partial charge in [-0.05, 0) is 31.5 Å². The van der Waals surface area contributed by atoms with Gasteiger partial charge in [0.05, 0.1) is 19.3 Å². The smallest absolute Gasteiger partial charge is 0.142 e. The Hall–Kier alpha value is -1.85. The molecule has 4 nitrogen and oxygen atoms in total. The van der Waals surface area contributed by atoms with Gasteiger partial charge in [0.2, 0.25) is 0 Å². The monoisotopic (exact) mass is 301 g/mol. The molecular formula is C17H20FN3O. The van der Waals surface area contributed by atoms with Crippen molar-refractivity contribution in [3.05, 3.63) is 59.9 Å². The van der Waals surface area contributed by atoms with Crippen molar-refractivity contribution in [1.82, 2.24) is 14.9 Å². The molecule has 3 rings (SSSR count). The van der Waals surface area contributed by atoms with Crippen LogP contribution in [0.2, 0.25) is 0 Å². The van der Waals surface area contributed by atoms with Crippen molar-refractivity contribution < 1.29 is 9.13 Å².